The minimum atomic E-state index is -4.53. The number of benzene rings is 2. The molecule has 0 amide bonds. The number of aliphatic hydroxyl groups is 1. The molecular formula is C23H30F3NO2. The second kappa shape index (κ2) is 8.15. The van der Waals surface area contributed by atoms with E-state index in [-0.39, 0.29) is 23.8 Å². The summed E-state index contributed by atoms with van der Waals surface area (Å²) in [7, 11) is 0. The van der Waals surface area contributed by atoms with Crippen LogP contribution in [0.15, 0.2) is 30.3 Å². The Morgan fingerprint density at radius 3 is 2.31 bits per heavy atom. The molecule has 3 rings (SSSR count). The van der Waals surface area contributed by atoms with E-state index in [4.69, 9.17) is 10.5 Å². The van der Waals surface area contributed by atoms with Gasteiger partial charge in [0.1, 0.15) is 11.3 Å². The number of halogens is 3. The van der Waals surface area contributed by atoms with Crippen molar-refractivity contribution in [2.24, 2.45) is 17.6 Å². The molecule has 0 aliphatic heterocycles. The summed E-state index contributed by atoms with van der Waals surface area (Å²) in [5, 5.41) is 9.97. The van der Waals surface area contributed by atoms with Crippen LogP contribution in [0.25, 0.3) is 10.8 Å². The van der Waals surface area contributed by atoms with E-state index in [2.05, 4.69) is 13.8 Å². The zero-order chi connectivity index (χ0) is 21.4. The summed E-state index contributed by atoms with van der Waals surface area (Å²) in [5.74, 6) is 1.09. The predicted molar refractivity (Wildman–Crippen MR) is 109 cm³/mol. The topological polar surface area (TPSA) is 55.5 Å². The third-order valence-electron chi connectivity index (χ3n) is 6.21. The quantitative estimate of drug-likeness (QED) is 0.674. The molecule has 3 nitrogen and oxygen atoms in total. The van der Waals surface area contributed by atoms with Crippen molar-refractivity contribution in [3.05, 3.63) is 41.5 Å². The van der Waals surface area contributed by atoms with Gasteiger partial charge in [-0.2, -0.15) is 13.2 Å². The molecule has 160 valence electrons. The first-order valence-corrected chi connectivity index (χ1v) is 10.2. The summed E-state index contributed by atoms with van der Waals surface area (Å²) in [6, 6.07) is 7.63. The molecule has 1 saturated carbocycles. The monoisotopic (exact) mass is 409 g/mol. The number of ether oxygens (including phenoxy) is 1. The van der Waals surface area contributed by atoms with Gasteiger partial charge in [0.2, 0.25) is 0 Å². The van der Waals surface area contributed by atoms with E-state index >= 15 is 0 Å². The lowest BCUT2D eigenvalue weighted by atomic mass is 9.80. The van der Waals surface area contributed by atoms with E-state index in [9.17, 15) is 18.3 Å². The average Bonchev–Trinajstić information content (AvgIpc) is 2.66. The van der Waals surface area contributed by atoms with Crippen molar-refractivity contribution in [2.45, 2.75) is 64.3 Å². The number of nitrogens with two attached hydrogens (primary N) is 1. The SMILES string of the molecule is CC(C)[C@H]1CC[C@@H](Oc2ccc3cc([C@@](C)(N)CO)ccc3c2C(F)(F)F)CC1. The van der Waals surface area contributed by atoms with Crippen LogP contribution in [-0.4, -0.2) is 17.8 Å². The molecule has 0 radical (unpaired) electrons. The van der Waals surface area contributed by atoms with Crippen molar-refractivity contribution in [2.75, 3.05) is 6.61 Å². The van der Waals surface area contributed by atoms with E-state index in [0.29, 0.717) is 22.8 Å². The Morgan fingerprint density at radius 1 is 1.10 bits per heavy atom. The largest absolute Gasteiger partial charge is 0.490 e. The minimum Gasteiger partial charge on any atom is -0.490 e. The fourth-order valence-corrected chi connectivity index (χ4v) is 4.20. The summed E-state index contributed by atoms with van der Waals surface area (Å²) in [6.45, 7) is 5.72. The molecule has 2 aromatic carbocycles. The second-order valence-corrected chi connectivity index (χ2v) is 8.85. The maximum absolute atomic E-state index is 14.0. The first kappa shape index (κ1) is 21.9. The van der Waals surface area contributed by atoms with Crippen LogP contribution < -0.4 is 10.5 Å². The van der Waals surface area contributed by atoms with Crippen molar-refractivity contribution < 1.29 is 23.0 Å². The van der Waals surface area contributed by atoms with Crippen LogP contribution in [0.5, 0.6) is 5.75 Å². The van der Waals surface area contributed by atoms with Crippen molar-refractivity contribution in [3.8, 4) is 5.75 Å². The summed E-state index contributed by atoms with van der Waals surface area (Å²) >= 11 is 0. The molecule has 1 aliphatic rings. The maximum Gasteiger partial charge on any atom is 0.420 e. The number of fused-ring (bicyclic) bond motifs is 1. The third kappa shape index (κ3) is 4.69. The average molecular weight is 409 g/mol. The highest BCUT2D eigenvalue weighted by Crippen LogP contribution is 2.43. The molecule has 6 heteroatoms. The Balaban J connectivity index is 1.95. The number of hydrogen-bond acceptors (Lipinski definition) is 3. The maximum atomic E-state index is 14.0. The Morgan fingerprint density at radius 2 is 1.76 bits per heavy atom. The van der Waals surface area contributed by atoms with Crippen LogP contribution >= 0.6 is 0 Å². The molecule has 0 spiro atoms. The molecule has 1 aliphatic carbocycles. The molecule has 0 unspecified atom stereocenters. The van der Waals surface area contributed by atoms with Gasteiger partial charge in [-0.1, -0.05) is 32.0 Å². The Labute approximate surface area is 170 Å². The lowest BCUT2D eigenvalue weighted by Crippen LogP contribution is -2.36. The van der Waals surface area contributed by atoms with E-state index in [1.807, 2.05) is 0 Å². The van der Waals surface area contributed by atoms with Gasteiger partial charge in [-0.3, -0.25) is 0 Å². The van der Waals surface area contributed by atoms with E-state index in [1.165, 1.54) is 12.1 Å². The molecule has 3 N–H and O–H groups in total. The molecule has 2 aromatic rings. The highest BCUT2D eigenvalue weighted by Gasteiger charge is 2.38. The zero-order valence-electron chi connectivity index (χ0n) is 17.2. The van der Waals surface area contributed by atoms with Gasteiger partial charge in [0.05, 0.1) is 18.2 Å². The Kier molecular flexibility index (Phi) is 6.16. The van der Waals surface area contributed by atoms with Crippen LogP contribution in [0.3, 0.4) is 0 Å². The fraction of sp³-hybridized carbons (Fsp3) is 0.565. The smallest absolute Gasteiger partial charge is 0.420 e. The minimum absolute atomic E-state index is 0.0864. The molecular weight excluding hydrogens is 379 g/mol. The number of aliphatic hydroxyl groups excluding tert-OH is 1. The van der Waals surface area contributed by atoms with Gasteiger partial charge in [-0.05, 0) is 72.9 Å². The van der Waals surface area contributed by atoms with Gasteiger partial charge in [0, 0.05) is 0 Å². The highest BCUT2D eigenvalue weighted by molar-refractivity contribution is 5.89. The van der Waals surface area contributed by atoms with Crippen LogP contribution in [-0.2, 0) is 11.7 Å². The van der Waals surface area contributed by atoms with Crippen molar-refractivity contribution in [1.29, 1.82) is 0 Å². The number of rotatable bonds is 5. The molecule has 1 atom stereocenters. The van der Waals surface area contributed by atoms with Gasteiger partial charge in [0.15, 0.2) is 0 Å². The first-order chi connectivity index (χ1) is 13.5. The number of hydrogen-bond donors (Lipinski definition) is 2. The normalized spacial score (nSPS) is 22.7. The van der Waals surface area contributed by atoms with Gasteiger partial charge in [-0.25, -0.2) is 0 Å². The Hall–Kier alpha value is -1.79. The fourth-order valence-electron chi connectivity index (χ4n) is 4.20. The summed E-state index contributed by atoms with van der Waals surface area (Å²) in [5.41, 5.74) is 4.87. The summed E-state index contributed by atoms with van der Waals surface area (Å²) in [6.07, 6.45) is -1.20. The lowest BCUT2D eigenvalue weighted by Gasteiger charge is -2.32. The van der Waals surface area contributed by atoms with Crippen molar-refractivity contribution in [3.63, 3.8) is 0 Å². The van der Waals surface area contributed by atoms with Crippen LogP contribution in [0.2, 0.25) is 0 Å². The van der Waals surface area contributed by atoms with Crippen LogP contribution in [0.4, 0.5) is 13.2 Å². The van der Waals surface area contributed by atoms with Crippen LogP contribution in [0.1, 0.15) is 57.6 Å². The summed E-state index contributed by atoms with van der Waals surface area (Å²) in [4.78, 5) is 0. The van der Waals surface area contributed by atoms with E-state index < -0.39 is 17.3 Å². The van der Waals surface area contributed by atoms with Gasteiger partial charge in [0.25, 0.3) is 0 Å². The third-order valence-corrected chi connectivity index (χ3v) is 6.21. The molecule has 0 aromatic heterocycles. The van der Waals surface area contributed by atoms with E-state index in [0.717, 1.165) is 25.7 Å². The summed E-state index contributed by atoms with van der Waals surface area (Å²) < 4.78 is 47.8. The zero-order valence-corrected chi connectivity index (χ0v) is 17.2. The number of alkyl halides is 3. The van der Waals surface area contributed by atoms with Gasteiger partial charge < -0.3 is 15.6 Å². The first-order valence-electron chi connectivity index (χ1n) is 10.2. The van der Waals surface area contributed by atoms with Gasteiger partial charge >= 0.3 is 6.18 Å². The van der Waals surface area contributed by atoms with Gasteiger partial charge in [-0.15, -0.1) is 0 Å². The van der Waals surface area contributed by atoms with E-state index in [1.54, 1.807) is 25.1 Å². The molecule has 1 fully saturated rings. The Bertz CT molecular complexity index is 853. The van der Waals surface area contributed by atoms with Crippen molar-refractivity contribution in [1.82, 2.24) is 0 Å². The van der Waals surface area contributed by atoms with Crippen LogP contribution in [0, 0.1) is 11.8 Å². The molecule has 29 heavy (non-hydrogen) atoms. The predicted octanol–water partition coefficient (Wildman–Crippen LogP) is 5.62. The molecule has 0 bridgehead atoms. The lowest BCUT2D eigenvalue weighted by molar-refractivity contribution is -0.138. The standard InChI is InChI=1S/C23H30F3NO2/c1-14(2)15-4-8-18(9-5-15)29-20-11-6-16-12-17(22(3,27)13-28)7-10-19(16)21(20)23(24,25)26/h6-7,10-12,14-15,18,28H,4-5,8-9,13,27H2,1-3H3/t15-,18+,22-/m0/s1. The molecule has 0 heterocycles. The molecule has 0 saturated heterocycles. The van der Waals surface area contributed by atoms with Crippen molar-refractivity contribution >= 4 is 10.8 Å². The second-order valence-electron chi connectivity index (χ2n) is 8.85. The highest BCUT2D eigenvalue weighted by atomic mass is 19.4.